The van der Waals surface area contributed by atoms with Gasteiger partial charge < -0.3 is 5.73 Å². The summed E-state index contributed by atoms with van der Waals surface area (Å²) in [5.41, 5.74) is 5.50. The largest absolute Gasteiger partial charge is 0.383 e. The lowest BCUT2D eigenvalue weighted by Crippen LogP contribution is -2.06. The molecule has 0 saturated carbocycles. The van der Waals surface area contributed by atoms with Gasteiger partial charge in [-0.2, -0.15) is 0 Å². The second-order valence-electron chi connectivity index (χ2n) is 2.19. The van der Waals surface area contributed by atoms with Gasteiger partial charge in [0.2, 0.25) is 0 Å². The van der Waals surface area contributed by atoms with E-state index in [1.807, 2.05) is 0 Å². The van der Waals surface area contributed by atoms with E-state index in [-0.39, 0.29) is 11.4 Å². The topological polar surface area (TPSA) is 96.9 Å². The third-order valence-corrected chi connectivity index (χ3v) is 2.36. The van der Waals surface area contributed by atoms with Gasteiger partial charge in [0, 0.05) is 10.7 Å². The average molecular weight is 264 g/mol. The molecule has 0 aliphatic rings. The molecule has 7 heteroatoms. The SMILES string of the molecule is N=C(c1cc(Br)cnc1N)[SH](=O)=O. The highest BCUT2D eigenvalue weighted by molar-refractivity contribution is 9.10. The predicted molar refractivity (Wildman–Crippen MR) is 53.5 cm³/mol. The molecule has 0 saturated heterocycles. The van der Waals surface area contributed by atoms with Crippen molar-refractivity contribution in [2.24, 2.45) is 0 Å². The molecule has 1 aromatic heterocycles. The number of anilines is 1. The zero-order chi connectivity index (χ0) is 10.0. The van der Waals surface area contributed by atoms with Crippen LogP contribution in [0.5, 0.6) is 0 Å². The zero-order valence-corrected chi connectivity index (χ0v) is 8.80. The summed E-state index contributed by atoms with van der Waals surface area (Å²) >= 11 is 3.10. The number of rotatable bonds is 1. The zero-order valence-electron chi connectivity index (χ0n) is 6.32. The minimum absolute atomic E-state index is 0.0346. The third-order valence-electron chi connectivity index (χ3n) is 1.32. The van der Waals surface area contributed by atoms with Crippen molar-refractivity contribution < 1.29 is 8.42 Å². The Morgan fingerprint density at radius 1 is 1.62 bits per heavy atom. The molecule has 0 atom stereocenters. The predicted octanol–water partition coefficient (Wildman–Crippen LogP) is 0.363. The normalized spacial score (nSPS) is 10.3. The van der Waals surface area contributed by atoms with Crippen LogP contribution in [-0.2, 0) is 10.7 Å². The molecule has 3 N–H and O–H groups in total. The van der Waals surface area contributed by atoms with Crippen molar-refractivity contribution in [3.8, 4) is 0 Å². The summed E-state index contributed by atoms with van der Waals surface area (Å²) < 4.78 is 21.5. The molecule has 0 aliphatic carbocycles. The molecule has 0 amide bonds. The fourth-order valence-electron chi connectivity index (χ4n) is 0.738. The Bertz CT molecular complexity index is 422. The van der Waals surface area contributed by atoms with E-state index < -0.39 is 15.7 Å². The monoisotopic (exact) mass is 263 g/mol. The van der Waals surface area contributed by atoms with Crippen molar-refractivity contribution >= 4 is 37.5 Å². The number of thiol groups is 1. The molecule has 1 aromatic rings. The molecule has 0 aromatic carbocycles. The van der Waals surface area contributed by atoms with E-state index in [2.05, 4.69) is 20.9 Å². The number of hydrogen-bond donors (Lipinski definition) is 3. The van der Waals surface area contributed by atoms with E-state index in [1.54, 1.807) is 0 Å². The molecule has 0 radical (unpaired) electrons. The second-order valence-corrected chi connectivity index (χ2v) is 4.07. The minimum atomic E-state index is -2.92. The van der Waals surface area contributed by atoms with Crippen LogP contribution in [0.15, 0.2) is 16.7 Å². The Labute approximate surface area is 84.6 Å². The third kappa shape index (κ3) is 2.25. The Balaban J connectivity index is 3.28. The number of nitrogens with one attached hydrogen (secondary N) is 1. The molecular formula is C6H6BrN3O2S. The molecule has 13 heavy (non-hydrogen) atoms. The number of hydrogen-bond acceptors (Lipinski definition) is 5. The van der Waals surface area contributed by atoms with Gasteiger partial charge >= 0.3 is 0 Å². The standard InChI is InChI=1S/C6H6BrN3O2S/c7-3-1-4(5(8)10-2-3)6(9)13(11)12/h1-2,9,13H,(H2,8,10). The second kappa shape index (κ2) is 3.84. The Morgan fingerprint density at radius 2 is 2.23 bits per heavy atom. The quantitative estimate of drug-likeness (QED) is 0.387. The first-order chi connectivity index (χ1) is 6.02. The average Bonchev–Trinajstić information content (AvgIpc) is 2.08. The number of nitrogens with two attached hydrogens (primary N) is 1. The first-order valence-corrected chi connectivity index (χ1v) is 5.13. The molecule has 1 rings (SSSR count). The molecule has 1 heterocycles. The van der Waals surface area contributed by atoms with Crippen molar-refractivity contribution in [1.82, 2.24) is 4.98 Å². The summed E-state index contributed by atoms with van der Waals surface area (Å²) in [4.78, 5) is 3.70. The van der Waals surface area contributed by atoms with E-state index >= 15 is 0 Å². The van der Waals surface area contributed by atoms with E-state index in [4.69, 9.17) is 11.1 Å². The summed E-state index contributed by atoms with van der Waals surface area (Å²) in [5, 5.41) is 6.66. The van der Waals surface area contributed by atoms with Gasteiger partial charge in [0.1, 0.15) is 5.82 Å². The lowest BCUT2D eigenvalue weighted by molar-refractivity contribution is 0.624. The van der Waals surface area contributed by atoms with Crippen LogP contribution >= 0.6 is 15.9 Å². The van der Waals surface area contributed by atoms with E-state index in [0.717, 1.165) is 0 Å². The van der Waals surface area contributed by atoms with Crippen LogP contribution in [0, 0.1) is 5.41 Å². The first-order valence-electron chi connectivity index (χ1n) is 3.16. The number of aromatic nitrogens is 1. The number of nitrogens with zero attached hydrogens (tertiary/aromatic N) is 1. The molecule has 0 bridgehead atoms. The Hall–Kier alpha value is -0.950. The summed E-state index contributed by atoms with van der Waals surface area (Å²) in [6.07, 6.45) is 1.43. The van der Waals surface area contributed by atoms with Crippen LogP contribution in [0.4, 0.5) is 5.82 Å². The van der Waals surface area contributed by atoms with Gasteiger partial charge in [0.05, 0.1) is 5.56 Å². The molecule has 5 nitrogen and oxygen atoms in total. The van der Waals surface area contributed by atoms with E-state index in [0.29, 0.717) is 4.47 Å². The van der Waals surface area contributed by atoms with Crippen LogP contribution in [0.2, 0.25) is 0 Å². The van der Waals surface area contributed by atoms with Crippen LogP contribution < -0.4 is 5.73 Å². The van der Waals surface area contributed by atoms with Crippen molar-refractivity contribution in [2.75, 3.05) is 5.73 Å². The molecule has 70 valence electrons. The van der Waals surface area contributed by atoms with Crippen molar-refractivity contribution in [1.29, 1.82) is 5.41 Å². The van der Waals surface area contributed by atoms with Gasteiger partial charge in [0.25, 0.3) is 0 Å². The highest BCUT2D eigenvalue weighted by Crippen LogP contribution is 2.15. The maximum absolute atomic E-state index is 10.5. The van der Waals surface area contributed by atoms with E-state index in [1.165, 1.54) is 12.3 Å². The Kier molecular flexibility index (Phi) is 2.99. The fourth-order valence-corrected chi connectivity index (χ4v) is 1.44. The lowest BCUT2D eigenvalue weighted by Gasteiger charge is -2.01. The lowest BCUT2D eigenvalue weighted by atomic mass is 10.3. The Morgan fingerprint density at radius 3 is 2.77 bits per heavy atom. The summed E-state index contributed by atoms with van der Waals surface area (Å²) in [6, 6.07) is 1.44. The summed E-state index contributed by atoms with van der Waals surface area (Å²) in [7, 11) is -2.92. The number of pyridine rings is 1. The van der Waals surface area contributed by atoms with Gasteiger partial charge in [-0.15, -0.1) is 0 Å². The van der Waals surface area contributed by atoms with Crippen LogP contribution in [0.25, 0.3) is 0 Å². The fraction of sp³-hybridized carbons (Fsp3) is 0. The highest BCUT2D eigenvalue weighted by atomic mass is 79.9. The maximum atomic E-state index is 10.5. The summed E-state index contributed by atoms with van der Waals surface area (Å²) in [5.74, 6) is 0.0346. The molecule has 0 spiro atoms. The van der Waals surface area contributed by atoms with Crippen LogP contribution in [0.1, 0.15) is 5.56 Å². The summed E-state index contributed by atoms with van der Waals surface area (Å²) in [6.45, 7) is 0. The molecule has 0 fully saturated rings. The number of halogens is 1. The van der Waals surface area contributed by atoms with Crippen LogP contribution in [-0.4, -0.2) is 18.4 Å². The van der Waals surface area contributed by atoms with Gasteiger partial charge in [-0.05, 0) is 22.0 Å². The smallest absolute Gasteiger partial charge is 0.185 e. The van der Waals surface area contributed by atoms with Gasteiger partial charge in [-0.25, -0.2) is 13.4 Å². The van der Waals surface area contributed by atoms with E-state index in [9.17, 15) is 8.42 Å². The van der Waals surface area contributed by atoms with Crippen molar-refractivity contribution in [3.05, 3.63) is 22.3 Å². The van der Waals surface area contributed by atoms with Gasteiger partial charge in [0.15, 0.2) is 15.7 Å². The highest BCUT2D eigenvalue weighted by Gasteiger charge is 2.09. The molecular weight excluding hydrogens is 258 g/mol. The first kappa shape index (κ1) is 10.1. The maximum Gasteiger partial charge on any atom is 0.185 e. The minimum Gasteiger partial charge on any atom is -0.383 e. The van der Waals surface area contributed by atoms with Gasteiger partial charge in [-0.1, -0.05) is 0 Å². The molecule has 0 aliphatic heterocycles. The van der Waals surface area contributed by atoms with Crippen molar-refractivity contribution in [3.63, 3.8) is 0 Å². The van der Waals surface area contributed by atoms with Crippen molar-refractivity contribution in [2.45, 2.75) is 0 Å². The van der Waals surface area contributed by atoms with Gasteiger partial charge in [-0.3, -0.25) is 5.41 Å². The number of nitrogen functional groups attached to an aromatic ring is 1. The van der Waals surface area contributed by atoms with Crippen LogP contribution in [0.3, 0.4) is 0 Å². The molecule has 0 unspecified atom stereocenters.